The number of carboxylic acid groups (broad SMARTS) is 1. The molecule has 6 nitrogen and oxygen atoms in total. The highest BCUT2D eigenvalue weighted by molar-refractivity contribution is 7.91. The number of sulfone groups is 1. The Hall–Kier alpha value is -1.11. The Morgan fingerprint density at radius 3 is 2.44 bits per heavy atom. The second-order valence-corrected chi connectivity index (χ2v) is 7.56. The first-order chi connectivity index (χ1) is 8.14. The largest absolute Gasteiger partial charge is 0.481 e. The molecule has 1 fully saturated rings. The van der Waals surface area contributed by atoms with E-state index in [4.69, 9.17) is 5.11 Å². The van der Waals surface area contributed by atoms with Gasteiger partial charge in [-0.3, -0.25) is 9.59 Å². The summed E-state index contributed by atoms with van der Waals surface area (Å²) in [6.07, 6.45) is 0.671. The van der Waals surface area contributed by atoms with E-state index in [0.29, 0.717) is 12.8 Å². The van der Waals surface area contributed by atoms with Gasteiger partial charge in [0.1, 0.15) is 0 Å². The van der Waals surface area contributed by atoms with Gasteiger partial charge in [-0.05, 0) is 26.7 Å². The van der Waals surface area contributed by atoms with Gasteiger partial charge < -0.3 is 10.4 Å². The molecule has 1 aliphatic rings. The standard InChI is InChI=1S/C11H19NO5S/c1-11(2,10(14)15)4-5-12-9(13)8-3-6-18(16,17)7-8/h8H,3-7H2,1-2H3,(H,12,13)(H,14,15). The Balaban J connectivity index is 2.37. The smallest absolute Gasteiger partial charge is 0.309 e. The minimum atomic E-state index is -3.06. The zero-order chi connectivity index (χ0) is 14.0. The Bertz CT molecular complexity index is 440. The highest BCUT2D eigenvalue weighted by atomic mass is 32.2. The van der Waals surface area contributed by atoms with Crippen LogP contribution in [0.3, 0.4) is 0 Å². The van der Waals surface area contributed by atoms with Crippen molar-refractivity contribution in [1.29, 1.82) is 0 Å². The monoisotopic (exact) mass is 277 g/mol. The van der Waals surface area contributed by atoms with Crippen molar-refractivity contribution in [2.75, 3.05) is 18.1 Å². The number of amides is 1. The summed E-state index contributed by atoms with van der Waals surface area (Å²) < 4.78 is 22.4. The molecule has 2 N–H and O–H groups in total. The third kappa shape index (κ3) is 3.97. The van der Waals surface area contributed by atoms with Gasteiger partial charge in [-0.1, -0.05) is 0 Å². The van der Waals surface area contributed by atoms with E-state index >= 15 is 0 Å². The van der Waals surface area contributed by atoms with Crippen LogP contribution in [0, 0.1) is 11.3 Å². The molecular formula is C11H19NO5S. The van der Waals surface area contributed by atoms with Gasteiger partial charge in [0.05, 0.1) is 22.8 Å². The molecule has 0 aromatic rings. The van der Waals surface area contributed by atoms with E-state index in [1.807, 2.05) is 0 Å². The fourth-order valence-electron chi connectivity index (χ4n) is 1.75. The van der Waals surface area contributed by atoms with Crippen LogP contribution in [0.15, 0.2) is 0 Å². The summed E-state index contributed by atoms with van der Waals surface area (Å²) in [5.41, 5.74) is -0.894. The van der Waals surface area contributed by atoms with Crippen LogP contribution in [0.1, 0.15) is 26.7 Å². The van der Waals surface area contributed by atoms with E-state index in [2.05, 4.69) is 5.32 Å². The minimum absolute atomic E-state index is 0.0612. The average Bonchev–Trinajstić information content (AvgIpc) is 2.58. The maximum Gasteiger partial charge on any atom is 0.309 e. The molecule has 1 atom stereocenters. The van der Waals surface area contributed by atoms with Crippen molar-refractivity contribution in [2.45, 2.75) is 26.7 Å². The molecule has 0 radical (unpaired) electrons. The molecule has 0 aliphatic carbocycles. The van der Waals surface area contributed by atoms with E-state index in [0.717, 1.165) is 0 Å². The summed E-state index contributed by atoms with van der Waals surface area (Å²) in [7, 11) is -3.06. The maximum absolute atomic E-state index is 11.7. The summed E-state index contributed by atoms with van der Waals surface area (Å²) in [6.45, 7) is 3.41. The first-order valence-electron chi connectivity index (χ1n) is 5.85. The molecule has 0 aromatic carbocycles. The first-order valence-corrected chi connectivity index (χ1v) is 7.68. The number of hydrogen-bond acceptors (Lipinski definition) is 4. The first kappa shape index (κ1) is 14.9. The Kier molecular flexibility index (Phi) is 4.37. The maximum atomic E-state index is 11.7. The molecule has 1 amide bonds. The lowest BCUT2D eigenvalue weighted by Gasteiger charge is -2.19. The van der Waals surface area contributed by atoms with Gasteiger partial charge in [-0.2, -0.15) is 0 Å². The second kappa shape index (κ2) is 5.26. The lowest BCUT2D eigenvalue weighted by molar-refractivity contribution is -0.147. The van der Waals surface area contributed by atoms with Crippen LogP contribution < -0.4 is 5.32 Å². The van der Waals surface area contributed by atoms with E-state index in [1.165, 1.54) is 0 Å². The Morgan fingerprint density at radius 2 is 2.00 bits per heavy atom. The Morgan fingerprint density at radius 1 is 1.39 bits per heavy atom. The lowest BCUT2D eigenvalue weighted by Crippen LogP contribution is -2.35. The van der Waals surface area contributed by atoms with E-state index in [-0.39, 0.29) is 24.0 Å². The number of carboxylic acids is 1. The highest BCUT2D eigenvalue weighted by Crippen LogP contribution is 2.21. The van der Waals surface area contributed by atoms with Crippen LogP contribution in [0.25, 0.3) is 0 Å². The van der Waals surface area contributed by atoms with Gasteiger partial charge in [0.15, 0.2) is 9.84 Å². The molecule has 1 saturated heterocycles. The second-order valence-electron chi connectivity index (χ2n) is 5.33. The average molecular weight is 277 g/mol. The predicted octanol–water partition coefficient (Wildman–Crippen LogP) is 0.0382. The SMILES string of the molecule is CC(C)(CCNC(=O)C1CCS(=O)(=O)C1)C(=O)O. The summed E-state index contributed by atoms with van der Waals surface area (Å²) in [4.78, 5) is 22.5. The van der Waals surface area contributed by atoms with Crippen LogP contribution in [0.5, 0.6) is 0 Å². The van der Waals surface area contributed by atoms with E-state index in [9.17, 15) is 18.0 Å². The van der Waals surface area contributed by atoms with Gasteiger partial charge in [0.2, 0.25) is 5.91 Å². The van der Waals surface area contributed by atoms with Crippen LogP contribution in [-0.4, -0.2) is 43.5 Å². The number of aliphatic carboxylic acids is 1. The van der Waals surface area contributed by atoms with Crippen molar-refractivity contribution in [3.63, 3.8) is 0 Å². The molecule has 1 unspecified atom stereocenters. The normalized spacial score (nSPS) is 22.7. The summed E-state index contributed by atoms with van der Waals surface area (Å²) in [5, 5.41) is 11.5. The fraction of sp³-hybridized carbons (Fsp3) is 0.818. The predicted molar refractivity (Wildman–Crippen MR) is 65.8 cm³/mol. The van der Waals surface area contributed by atoms with Crippen LogP contribution in [0.4, 0.5) is 0 Å². The van der Waals surface area contributed by atoms with Crippen LogP contribution in [0.2, 0.25) is 0 Å². The van der Waals surface area contributed by atoms with Crippen molar-refractivity contribution >= 4 is 21.7 Å². The molecule has 1 rings (SSSR count). The van der Waals surface area contributed by atoms with Gasteiger partial charge in [-0.25, -0.2) is 8.42 Å². The Labute approximate surface area is 107 Å². The number of rotatable bonds is 5. The minimum Gasteiger partial charge on any atom is -0.481 e. The van der Waals surface area contributed by atoms with Crippen molar-refractivity contribution < 1.29 is 23.1 Å². The molecule has 1 heterocycles. The molecule has 104 valence electrons. The number of carbonyl (C=O) groups is 2. The molecule has 7 heteroatoms. The third-order valence-electron chi connectivity index (χ3n) is 3.23. The van der Waals surface area contributed by atoms with Crippen LogP contribution >= 0.6 is 0 Å². The highest BCUT2D eigenvalue weighted by Gasteiger charge is 2.33. The van der Waals surface area contributed by atoms with Gasteiger partial charge in [0, 0.05) is 6.54 Å². The van der Waals surface area contributed by atoms with Crippen molar-refractivity contribution in [2.24, 2.45) is 11.3 Å². The lowest BCUT2D eigenvalue weighted by atomic mass is 9.89. The van der Waals surface area contributed by atoms with Gasteiger partial charge >= 0.3 is 5.97 Å². The molecular weight excluding hydrogens is 258 g/mol. The van der Waals surface area contributed by atoms with Gasteiger partial charge in [0.25, 0.3) is 0 Å². The number of carbonyl (C=O) groups excluding carboxylic acids is 1. The summed E-state index contributed by atoms with van der Waals surface area (Å²) >= 11 is 0. The number of hydrogen-bond donors (Lipinski definition) is 2. The van der Waals surface area contributed by atoms with E-state index < -0.39 is 27.1 Å². The zero-order valence-electron chi connectivity index (χ0n) is 10.6. The summed E-state index contributed by atoms with van der Waals surface area (Å²) in [6, 6.07) is 0. The van der Waals surface area contributed by atoms with Crippen molar-refractivity contribution in [3.8, 4) is 0 Å². The van der Waals surface area contributed by atoms with Crippen molar-refractivity contribution in [3.05, 3.63) is 0 Å². The quantitative estimate of drug-likeness (QED) is 0.739. The molecule has 1 aliphatic heterocycles. The fourth-order valence-corrected chi connectivity index (χ4v) is 3.49. The topological polar surface area (TPSA) is 101 Å². The molecule has 0 saturated carbocycles. The molecule has 0 bridgehead atoms. The van der Waals surface area contributed by atoms with Crippen molar-refractivity contribution in [1.82, 2.24) is 5.32 Å². The molecule has 0 aromatic heterocycles. The third-order valence-corrected chi connectivity index (χ3v) is 5.00. The molecule has 0 spiro atoms. The number of nitrogens with one attached hydrogen (secondary N) is 1. The van der Waals surface area contributed by atoms with Gasteiger partial charge in [-0.15, -0.1) is 0 Å². The zero-order valence-corrected chi connectivity index (χ0v) is 11.4. The van der Waals surface area contributed by atoms with Crippen LogP contribution in [-0.2, 0) is 19.4 Å². The van der Waals surface area contributed by atoms with E-state index in [1.54, 1.807) is 13.8 Å². The molecule has 18 heavy (non-hydrogen) atoms. The summed E-state index contributed by atoms with van der Waals surface area (Å²) in [5.74, 6) is -1.73.